The van der Waals surface area contributed by atoms with Gasteiger partial charge in [0.25, 0.3) is 0 Å². The van der Waals surface area contributed by atoms with Crippen LogP contribution in [0.2, 0.25) is 0 Å². The zero-order chi connectivity index (χ0) is 15.3. The minimum atomic E-state index is -0.564. The molecule has 0 radical (unpaired) electrons. The average Bonchev–Trinajstić information content (AvgIpc) is 2.28. The van der Waals surface area contributed by atoms with E-state index in [0.717, 1.165) is 9.26 Å². The monoisotopic (exact) mass is 389 g/mol. The van der Waals surface area contributed by atoms with E-state index in [1.165, 1.54) is 11.8 Å². The molecular formula is C15H20INO3. The number of hydrogen-bond donors (Lipinski definition) is 0. The van der Waals surface area contributed by atoms with E-state index in [9.17, 15) is 9.59 Å². The molecule has 0 saturated carbocycles. The van der Waals surface area contributed by atoms with Crippen molar-refractivity contribution < 1.29 is 14.3 Å². The number of halogens is 1. The maximum absolute atomic E-state index is 12.3. The second-order valence-corrected chi connectivity index (χ2v) is 6.70. The maximum atomic E-state index is 12.3. The van der Waals surface area contributed by atoms with Crippen molar-refractivity contribution in [1.29, 1.82) is 0 Å². The van der Waals surface area contributed by atoms with Gasteiger partial charge in [0, 0.05) is 16.5 Å². The molecule has 1 aromatic rings. The van der Waals surface area contributed by atoms with E-state index in [2.05, 4.69) is 22.6 Å². The van der Waals surface area contributed by atoms with E-state index in [1.54, 1.807) is 0 Å². The van der Waals surface area contributed by atoms with Crippen molar-refractivity contribution in [1.82, 2.24) is 0 Å². The van der Waals surface area contributed by atoms with Gasteiger partial charge in [-0.2, -0.15) is 0 Å². The fraction of sp³-hybridized carbons (Fsp3) is 0.467. The Balaban J connectivity index is 2.99. The average molecular weight is 389 g/mol. The van der Waals surface area contributed by atoms with Gasteiger partial charge in [-0.3, -0.25) is 9.69 Å². The Morgan fingerprint density at radius 3 is 2.35 bits per heavy atom. The second-order valence-electron chi connectivity index (χ2n) is 5.54. The van der Waals surface area contributed by atoms with Gasteiger partial charge < -0.3 is 4.74 Å². The first-order valence-electron chi connectivity index (χ1n) is 6.45. The number of rotatable bonds is 4. The zero-order valence-electron chi connectivity index (χ0n) is 12.3. The highest BCUT2D eigenvalue weighted by Crippen LogP contribution is 2.24. The van der Waals surface area contributed by atoms with E-state index in [0.29, 0.717) is 13.0 Å². The minimum absolute atomic E-state index is 0.0458. The van der Waals surface area contributed by atoms with Crippen molar-refractivity contribution in [3.05, 3.63) is 27.8 Å². The third kappa shape index (κ3) is 5.48. The Labute approximate surface area is 133 Å². The second kappa shape index (κ2) is 7.06. The van der Waals surface area contributed by atoms with Crippen LogP contribution in [0.25, 0.3) is 0 Å². The lowest BCUT2D eigenvalue weighted by molar-refractivity contribution is -0.116. The molecule has 0 heterocycles. The molecule has 1 amide bonds. The predicted octanol–water partition coefficient (Wildman–Crippen LogP) is 4.01. The maximum Gasteiger partial charge on any atom is 0.414 e. The molecule has 0 unspecified atom stereocenters. The molecule has 0 aliphatic heterocycles. The summed E-state index contributed by atoms with van der Waals surface area (Å²) in [6.07, 6.45) is -0.118. The van der Waals surface area contributed by atoms with Gasteiger partial charge in [0.2, 0.25) is 0 Å². The van der Waals surface area contributed by atoms with Crippen LogP contribution >= 0.6 is 22.6 Å². The highest BCUT2D eigenvalue weighted by Gasteiger charge is 2.24. The predicted molar refractivity (Wildman–Crippen MR) is 88.0 cm³/mol. The third-order valence-corrected chi connectivity index (χ3v) is 3.36. The molecule has 0 saturated heterocycles. The number of anilines is 1. The number of hydrogen-bond acceptors (Lipinski definition) is 3. The van der Waals surface area contributed by atoms with Crippen molar-refractivity contribution in [2.45, 2.75) is 39.7 Å². The fourth-order valence-electron chi connectivity index (χ4n) is 1.57. The third-order valence-electron chi connectivity index (χ3n) is 2.44. The number of ether oxygens (including phenoxy) is 1. The van der Waals surface area contributed by atoms with E-state index in [4.69, 9.17) is 4.74 Å². The van der Waals surface area contributed by atoms with Crippen molar-refractivity contribution in [3.8, 4) is 0 Å². The summed E-state index contributed by atoms with van der Waals surface area (Å²) in [5.74, 6) is 0.0458. The molecule has 0 bridgehead atoms. The summed E-state index contributed by atoms with van der Waals surface area (Å²) < 4.78 is 6.36. The van der Waals surface area contributed by atoms with E-state index >= 15 is 0 Å². The Bertz CT molecular complexity index is 494. The number of carbonyl (C=O) groups is 2. The van der Waals surface area contributed by atoms with Gasteiger partial charge >= 0.3 is 6.09 Å². The Morgan fingerprint density at radius 2 is 1.85 bits per heavy atom. The molecule has 0 spiro atoms. The van der Waals surface area contributed by atoms with Crippen LogP contribution in [-0.4, -0.2) is 24.0 Å². The first kappa shape index (κ1) is 16.9. The molecule has 0 N–H and O–H groups in total. The Morgan fingerprint density at radius 1 is 1.25 bits per heavy atom. The van der Waals surface area contributed by atoms with Gasteiger partial charge in [0.05, 0.1) is 5.69 Å². The van der Waals surface area contributed by atoms with Crippen molar-refractivity contribution in [3.63, 3.8) is 0 Å². The van der Waals surface area contributed by atoms with E-state index < -0.39 is 11.7 Å². The van der Waals surface area contributed by atoms with Crippen molar-refractivity contribution >= 4 is 40.2 Å². The molecule has 0 aliphatic carbocycles. The summed E-state index contributed by atoms with van der Waals surface area (Å²) in [6.45, 7) is 7.31. The SMILES string of the molecule is CC(=O)CCN(C(=O)OC(C)(C)C)c1ccccc1I. The number of Topliss-reactive ketones (excluding diaryl/α,β-unsaturated/α-hetero) is 1. The minimum Gasteiger partial charge on any atom is -0.443 e. The summed E-state index contributed by atoms with van der Waals surface area (Å²) in [5, 5.41) is 0. The fourth-order valence-corrected chi connectivity index (χ4v) is 2.25. The number of ketones is 1. The van der Waals surface area contributed by atoms with Crippen LogP contribution in [0, 0.1) is 3.57 Å². The topological polar surface area (TPSA) is 46.6 Å². The molecule has 0 aromatic heterocycles. The summed E-state index contributed by atoms with van der Waals surface area (Å²) in [6, 6.07) is 7.54. The first-order chi connectivity index (χ1) is 9.20. The van der Waals surface area contributed by atoms with Gasteiger partial charge in [-0.1, -0.05) is 12.1 Å². The number of para-hydroxylation sites is 1. The van der Waals surface area contributed by atoms with E-state index in [-0.39, 0.29) is 5.78 Å². The molecule has 110 valence electrons. The zero-order valence-corrected chi connectivity index (χ0v) is 14.4. The summed E-state index contributed by atoms with van der Waals surface area (Å²) >= 11 is 2.17. The summed E-state index contributed by atoms with van der Waals surface area (Å²) in [4.78, 5) is 25.0. The Kier molecular flexibility index (Phi) is 5.98. The quantitative estimate of drug-likeness (QED) is 0.732. The molecule has 1 aromatic carbocycles. The molecular weight excluding hydrogens is 369 g/mol. The normalized spacial score (nSPS) is 11.1. The van der Waals surface area contributed by atoms with Crippen LogP contribution < -0.4 is 4.90 Å². The van der Waals surface area contributed by atoms with Crippen LogP contribution in [0.3, 0.4) is 0 Å². The number of nitrogens with zero attached hydrogens (tertiary/aromatic N) is 1. The largest absolute Gasteiger partial charge is 0.443 e. The molecule has 5 heteroatoms. The Hall–Kier alpha value is -1.11. The van der Waals surface area contributed by atoms with Gasteiger partial charge in [-0.05, 0) is 62.4 Å². The lowest BCUT2D eigenvalue weighted by Gasteiger charge is -2.28. The summed E-state index contributed by atoms with van der Waals surface area (Å²) in [7, 11) is 0. The van der Waals surface area contributed by atoms with Crippen molar-refractivity contribution in [2.24, 2.45) is 0 Å². The van der Waals surface area contributed by atoms with Crippen LogP contribution in [0.5, 0.6) is 0 Å². The smallest absolute Gasteiger partial charge is 0.414 e. The standard InChI is InChI=1S/C15H20INO3/c1-11(18)9-10-17(14(19)20-15(2,3)4)13-8-6-5-7-12(13)16/h5-8H,9-10H2,1-4H3. The number of amides is 1. The van der Waals surface area contributed by atoms with Gasteiger partial charge in [-0.25, -0.2) is 4.79 Å². The highest BCUT2D eigenvalue weighted by molar-refractivity contribution is 14.1. The van der Waals surface area contributed by atoms with Crippen molar-refractivity contribution in [2.75, 3.05) is 11.4 Å². The molecule has 0 fully saturated rings. The van der Waals surface area contributed by atoms with Gasteiger partial charge in [-0.15, -0.1) is 0 Å². The van der Waals surface area contributed by atoms with Crippen LogP contribution in [-0.2, 0) is 9.53 Å². The lowest BCUT2D eigenvalue weighted by Crippen LogP contribution is -2.38. The highest BCUT2D eigenvalue weighted by atomic mass is 127. The van der Waals surface area contributed by atoms with Crippen LogP contribution in [0.1, 0.15) is 34.1 Å². The van der Waals surface area contributed by atoms with Gasteiger partial charge in [0.15, 0.2) is 0 Å². The first-order valence-corrected chi connectivity index (χ1v) is 7.53. The molecule has 0 aliphatic rings. The van der Waals surface area contributed by atoms with Crippen LogP contribution in [0.15, 0.2) is 24.3 Å². The molecule has 0 atom stereocenters. The summed E-state index contributed by atoms with van der Waals surface area (Å²) in [5.41, 5.74) is 0.204. The molecule has 1 rings (SSSR count). The molecule has 4 nitrogen and oxygen atoms in total. The lowest BCUT2D eigenvalue weighted by atomic mass is 10.2. The number of benzene rings is 1. The van der Waals surface area contributed by atoms with E-state index in [1.807, 2.05) is 45.0 Å². The van der Waals surface area contributed by atoms with Gasteiger partial charge in [0.1, 0.15) is 11.4 Å². The number of carbonyl (C=O) groups excluding carboxylic acids is 2. The molecule has 20 heavy (non-hydrogen) atoms. The van der Waals surface area contributed by atoms with Crippen LogP contribution in [0.4, 0.5) is 10.5 Å².